The van der Waals surface area contributed by atoms with Gasteiger partial charge in [0.2, 0.25) is 5.88 Å². The highest BCUT2D eigenvalue weighted by molar-refractivity contribution is 5.86. The first-order chi connectivity index (χ1) is 14.2. The molecular weight excluding hydrogens is 364 g/mol. The number of piperazine rings is 1. The van der Waals surface area contributed by atoms with E-state index in [4.69, 9.17) is 4.74 Å². The fraction of sp³-hybridized carbons (Fsp3) is 0.455. The van der Waals surface area contributed by atoms with Crippen molar-refractivity contribution >= 4 is 16.6 Å². The van der Waals surface area contributed by atoms with Gasteiger partial charge in [-0.25, -0.2) is 19.9 Å². The number of benzene rings is 1. The highest BCUT2D eigenvalue weighted by Gasteiger charge is 2.23. The van der Waals surface area contributed by atoms with Crippen molar-refractivity contribution in [2.24, 2.45) is 5.92 Å². The molecule has 3 heterocycles. The zero-order valence-corrected chi connectivity index (χ0v) is 16.8. The summed E-state index contributed by atoms with van der Waals surface area (Å²) in [6.45, 7) is 7.57. The van der Waals surface area contributed by atoms with E-state index in [9.17, 15) is 0 Å². The Kier molecular flexibility index (Phi) is 4.97. The Balaban J connectivity index is 1.26. The van der Waals surface area contributed by atoms with Crippen LogP contribution in [0, 0.1) is 12.8 Å². The highest BCUT2D eigenvalue weighted by atomic mass is 16.5. The lowest BCUT2D eigenvalue weighted by molar-refractivity contribution is 0.247. The van der Waals surface area contributed by atoms with Gasteiger partial charge in [0.15, 0.2) is 0 Å². The van der Waals surface area contributed by atoms with Gasteiger partial charge in [0.25, 0.3) is 0 Å². The second kappa shape index (κ2) is 7.91. The zero-order valence-electron chi connectivity index (χ0n) is 16.8. The predicted octanol–water partition coefficient (Wildman–Crippen LogP) is 2.84. The van der Waals surface area contributed by atoms with Crippen LogP contribution < -0.4 is 9.64 Å². The average Bonchev–Trinajstić information content (AvgIpc) is 3.57. The second-order valence-corrected chi connectivity index (χ2v) is 7.99. The van der Waals surface area contributed by atoms with Gasteiger partial charge in [0.1, 0.15) is 12.2 Å². The molecule has 0 radical (unpaired) electrons. The maximum atomic E-state index is 5.99. The van der Waals surface area contributed by atoms with Crippen LogP contribution in [0.15, 0.2) is 36.8 Å². The normalized spacial score (nSPS) is 17.6. The number of fused-ring (bicyclic) bond motifs is 1. The first kappa shape index (κ1) is 18.2. The minimum absolute atomic E-state index is 0.704. The summed E-state index contributed by atoms with van der Waals surface area (Å²) in [5, 5.41) is 1.00. The number of hydrogen-bond donors (Lipinski definition) is 0. The maximum absolute atomic E-state index is 5.99. The van der Waals surface area contributed by atoms with Crippen LogP contribution in [0.1, 0.15) is 24.4 Å². The third-order valence-electron chi connectivity index (χ3n) is 5.69. The van der Waals surface area contributed by atoms with E-state index in [0.717, 1.165) is 61.8 Å². The van der Waals surface area contributed by atoms with Gasteiger partial charge in [-0.1, -0.05) is 0 Å². The van der Waals surface area contributed by atoms with E-state index >= 15 is 0 Å². The van der Waals surface area contributed by atoms with Crippen molar-refractivity contribution in [1.82, 2.24) is 24.8 Å². The van der Waals surface area contributed by atoms with Gasteiger partial charge in [0, 0.05) is 44.6 Å². The van der Waals surface area contributed by atoms with Crippen molar-refractivity contribution in [3.63, 3.8) is 0 Å². The van der Waals surface area contributed by atoms with Crippen molar-refractivity contribution in [3.8, 4) is 5.88 Å². The molecule has 7 nitrogen and oxygen atoms in total. The Morgan fingerprint density at radius 1 is 1.03 bits per heavy atom. The van der Waals surface area contributed by atoms with E-state index in [1.807, 2.05) is 19.2 Å². The maximum Gasteiger partial charge on any atom is 0.224 e. The third-order valence-corrected chi connectivity index (χ3v) is 5.69. The van der Waals surface area contributed by atoms with Gasteiger partial charge >= 0.3 is 0 Å². The molecule has 0 bridgehead atoms. The summed E-state index contributed by atoms with van der Waals surface area (Å²) >= 11 is 0. The van der Waals surface area contributed by atoms with Crippen molar-refractivity contribution in [3.05, 3.63) is 48.3 Å². The number of nitrogens with zero attached hydrogens (tertiary/aromatic N) is 6. The van der Waals surface area contributed by atoms with E-state index < -0.39 is 0 Å². The van der Waals surface area contributed by atoms with Crippen molar-refractivity contribution in [2.45, 2.75) is 26.3 Å². The van der Waals surface area contributed by atoms with Crippen LogP contribution in [0.3, 0.4) is 0 Å². The lowest BCUT2D eigenvalue weighted by Crippen LogP contribution is -2.46. The molecule has 0 N–H and O–H groups in total. The molecule has 1 saturated heterocycles. The summed E-state index contributed by atoms with van der Waals surface area (Å²) in [5.41, 5.74) is 3.24. The van der Waals surface area contributed by atoms with Gasteiger partial charge in [0.05, 0.1) is 23.2 Å². The van der Waals surface area contributed by atoms with Crippen molar-refractivity contribution in [1.29, 1.82) is 0 Å². The highest BCUT2D eigenvalue weighted by Crippen LogP contribution is 2.32. The van der Waals surface area contributed by atoms with E-state index in [1.54, 1.807) is 6.33 Å². The van der Waals surface area contributed by atoms with Crippen LogP contribution >= 0.6 is 0 Å². The van der Waals surface area contributed by atoms with Crippen molar-refractivity contribution in [2.75, 3.05) is 37.7 Å². The lowest BCUT2D eigenvalue weighted by Gasteiger charge is -2.36. The van der Waals surface area contributed by atoms with E-state index in [1.165, 1.54) is 18.5 Å². The molecular formula is C22H26N6O. The van der Waals surface area contributed by atoms with Crippen LogP contribution in [0.5, 0.6) is 5.88 Å². The molecule has 150 valence electrons. The number of rotatable bonds is 6. The topological polar surface area (TPSA) is 67.3 Å². The lowest BCUT2D eigenvalue weighted by atomic mass is 10.2. The number of ether oxygens (including phenoxy) is 1. The van der Waals surface area contributed by atoms with Crippen LogP contribution in [0.2, 0.25) is 0 Å². The summed E-state index contributed by atoms with van der Waals surface area (Å²) < 4.78 is 5.99. The van der Waals surface area contributed by atoms with Gasteiger partial charge in [-0.3, -0.25) is 4.90 Å². The largest absolute Gasteiger partial charge is 0.477 e. The molecule has 0 atom stereocenters. The first-order valence-corrected chi connectivity index (χ1v) is 10.4. The molecule has 2 aliphatic rings. The number of anilines is 1. The number of aromatic nitrogens is 4. The number of aryl methyl sites for hydroxylation is 1. The molecule has 29 heavy (non-hydrogen) atoms. The predicted molar refractivity (Wildman–Crippen MR) is 112 cm³/mol. The van der Waals surface area contributed by atoms with Gasteiger partial charge < -0.3 is 9.64 Å². The summed E-state index contributed by atoms with van der Waals surface area (Å²) in [4.78, 5) is 22.4. The van der Waals surface area contributed by atoms with Crippen LogP contribution in [0.4, 0.5) is 5.69 Å². The summed E-state index contributed by atoms with van der Waals surface area (Å²) in [6.07, 6.45) is 5.98. The third kappa shape index (κ3) is 4.29. The smallest absolute Gasteiger partial charge is 0.224 e. The number of hydrogen-bond acceptors (Lipinski definition) is 7. The molecule has 0 amide bonds. The quantitative estimate of drug-likeness (QED) is 0.641. The van der Waals surface area contributed by atoms with Crippen LogP contribution in [0.25, 0.3) is 10.9 Å². The molecule has 0 spiro atoms. The minimum Gasteiger partial charge on any atom is -0.477 e. The molecule has 3 aromatic rings. The standard InChI is InChI=1S/C22H26N6O/c1-16-23-7-6-18(26-16)13-27-8-10-28(11-9-27)19-4-5-21-20(12-19)22(25-15-24-21)29-14-17-2-3-17/h4-7,12,15,17H,2-3,8-11,13-14H2,1H3. The summed E-state index contributed by atoms with van der Waals surface area (Å²) in [5.74, 6) is 2.25. The molecule has 1 aromatic carbocycles. The van der Waals surface area contributed by atoms with Gasteiger partial charge in [-0.15, -0.1) is 0 Å². The Morgan fingerprint density at radius 2 is 1.90 bits per heavy atom. The SMILES string of the molecule is Cc1nccc(CN2CCN(c3ccc4ncnc(OCC5CC5)c4c3)CC2)n1. The first-order valence-electron chi connectivity index (χ1n) is 10.4. The zero-order chi connectivity index (χ0) is 19.6. The molecule has 1 aliphatic heterocycles. The van der Waals surface area contributed by atoms with Gasteiger partial charge in [-0.05, 0) is 49.9 Å². The monoisotopic (exact) mass is 390 g/mol. The molecule has 1 saturated carbocycles. The molecule has 7 heteroatoms. The fourth-order valence-corrected chi connectivity index (χ4v) is 3.80. The molecule has 2 fully saturated rings. The second-order valence-electron chi connectivity index (χ2n) is 7.99. The Hall–Kier alpha value is -2.80. The van der Waals surface area contributed by atoms with E-state index in [-0.39, 0.29) is 0 Å². The van der Waals surface area contributed by atoms with Crippen LogP contribution in [-0.2, 0) is 6.54 Å². The van der Waals surface area contributed by atoms with Gasteiger partial charge in [-0.2, -0.15) is 0 Å². The molecule has 2 aromatic heterocycles. The Morgan fingerprint density at radius 3 is 2.69 bits per heavy atom. The Labute approximate surface area is 170 Å². The van der Waals surface area contributed by atoms with Crippen molar-refractivity contribution < 1.29 is 4.74 Å². The molecule has 1 aliphatic carbocycles. The van der Waals surface area contributed by atoms with E-state index in [0.29, 0.717) is 11.8 Å². The Bertz CT molecular complexity index is 998. The van der Waals surface area contributed by atoms with E-state index in [2.05, 4.69) is 47.9 Å². The fourth-order valence-electron chi connectivity index (χ4n) is 3.80. The molecule has 0 unspecified atom stereocenters. The summed E-state index contributed by atoms with van der Waals surface area (Å²) in [6, 6.07) is 8.42. The minimum atomic E-state index is 0.704. The molecule has 5 rings (SSSR count). The van der Waals surface area contributed by atoms with Crippen LogP contribution in [-0.4, -0.2) is 57.6 Å². The average molecular weight is 390 g/mol. The summed E-state index contributed by atoms with van der Waals surface area (Å²) in [7, 11) is 0.